The molecule has 6 rings (SSSR count). The molecule has 0 radical (unpaired) electrons. The van der Waals surface area contributed by atoms with Crippen LogP contribution in [0.3, 0.4) is 0 Å². The Morgan fingerprint density at radius 3 is 1.64 bits per heavy atom. The van der Waals surface area contributed by atoms with Crippen molar-refractivity contribution in [2.75, 3.05) is 0 Å². The minimum absolute atomic E-state index is 0.163. The zero-order chi connectivity index (χ0) is 32.2. The topological polar surface area (TPSA) is 0 Å². The summed E-state index contributed by atoms with van der Waals surface area (Å²) in [6, 6.07) is 28.5. The molecule has 0 unspecified atom stereocenters. The summed E-state index contributed by atoms with van der Waals surface area (Å²) in [4.78, 5) is 0. The van der Waals surface area contributed by atoms with Crippen molar-refractivity contribution >= 4 is 3.21 Å². The molecule has 0 aromatic heterocycles. The first-order valence-corrected chi connectivity index (χ1v) is 17.0. The molecule has 0 N–H and O–H groups in total. The van der Waals surface area contributed by atoms with E-state index in [1.165, 1.54) is 94.2 Å². The normalized spacial score (nSPS) is 13.0. The van der Waals surface area contributed by atoms with Gasteiger partial charge in [0.1, 0.15) is 0 Å². The predicted molar refractivity (Wildman–Crippen MR) is 188 cm³/mol. The van der Waals surface area contributed by atoms with Crippen LogP contribution >= 0.6 is 0 Å². The van der Waals surface area contributed by atoms with Gasteiger partial charge in [-0.2, -0.15) is 23.8 Å². The largest absolute Gasteiger partial charge is 0.273 e. The maximum Gasteiger partial charge on any atom is -0.109 e. The third kappa shape index (κ3) is 8.43. The number of aryl methyl sites for hydroxylation is 4. The molecule has 4 aromatic carbocycles. The van der Waals surface area contributed by atoms with E-state index in [2.05, 4.69) is 154 Å². The molecule has 0 fully saturated rings. The number of allylic oxidation sites excluding steroid dienone is 4. The fourth-order valence-corrected chi connectivity index (χ4v) is 6.79. The van der Waals surface area contributed by atoms with E-state index in [-0.39, 0.29) is 10.8 Å². The first-order valence-electron chi connectivity index (χ1n) is 15.8. The van der Waals surface area contributed by atoms with E-state index < -0.39 is 0 Å². The molecule has 0 heterocycles. The molecular formula is C43H48Zr. The van der Waals surface area contributed by atoms with Crippen LogP contribution < -0.4 is 0 Å². The average Bonchev–Trinajstić information content (AvgIpc) is 3.63. The van der Waals surface area contributed by atoms with Crippen molar-refractivity contribution in [3.63, 3.8) is 0 Å². The Balaban J connectivity index is 0.000000181. The summed E-state index contributed by atoms with van der Waals surface area (Å²) in [5.41, 5.74) is 16.9. The van der Waals surface area contributed by atoms with Crippen LogP contribution in [-0.2, 0) is 41.5 Å². The van der Waals surface area contributed by atoms with Gasteiger partial charge in [0.05, 0.1) is 0 Å². The molecule has 0 saturated carbocycles. The number of hydrogen-bond donors (Lipinski definition) is 0. The summed E-state index contributed by atoms with van der Waals surface area (Å²) in [6.07, 6.45) is 11.0. The van der Waals surface area contributed by atoms with Crippen molar-refractivity contribution in [1.29, 1.82) is 0 Å². The molecule has 0 amide bonds. The molecule has 0 saturated heterocycles. The van der Waals surface area contributed by atoms with Gasteiger partial charge in [-0.1, -0.05) is 71.6 Å². The molecule has 0 spiro atoms. The van der Waals surface area contributed by atoms with Crippen LogP contribution in [0.1, 0.15) is 104 Å². The van der Waals surface area contributed by atoms with Crippen LogP contribution in [0.15, 0.2) is 85.0 Å². The van der Waals surface area contributed by atoms with Crippen LogP contribution in [0.5, 0.6) is 0 Å². The minimum atomic E-state index is 0.163. The second kappa shape index (κ2) is 14.0. The molecule has 4 aromatic rings. The van der Waals surface area contributed by atoms with Crippen molar-refractivity contribution in [1.82, 2.24) is 0 Å². The Kier molecular flexibility index (Phi) is 10.8. The van der Waals surface area contributed by atoms with Gasteiger partial charge >= 0.3 is 112 Å². The SMILES string of the molecule is Cc1[c-]c2c(cc1C(C)(C)C)-c1cc(C(C)(C)C)c(C)cc1C2.Cc1ccc([C](=[Zr+2])c2ccc(C)cc2)cc1.[C-]1=CC=CC1. The molecule has 44 heavy (non-hydrogen) atoms. The van der Waals surface area contributed by atoms with Crippen molar-refractivity contribution in [3.8, 4) is 11.1 Å². The number of rotatable bonds is 2. The van der Waals surface area contributed by atoms with Gasteiger partial charge in [0, 0.05) is 0 Å². The molecule has 0 aliphatic heterocycles. The molecule has 2 aliphatic rings. The van der Waals surface area contributed by atoms with E-state index in [1.54, 1.807) is 0 Å². The van der Waals surface area contributed by atoms with Gasteiger partial charge in [-0.3, -0.25) is 6.08 Å². The van der Waals surface area contributed by atoms with Gasteiger partial charge in [0.25, 0.3) is 0 Å². The standard InChI is InChI=1S/C23H29.C15H14.C5H5.Zr/c1-14-9-16-11-17-10-15(2)21(23(6,7)8)13-19(17)18(16)12-20(14)22(3,4)5;1-12-3-7-14(8-4-12)11-15-9-5-13(2)6-10-15;1-2-4-5-3-1;/h9,12-13H,11H2,1-8H3;3-10H,1-2H3;1-3H,4H2;/q-1;;-1;+2. The number of benzene rings is 4. The predicted octanol–water partition coefficient (Wildman–Crippen LogP) is 11.0. The molecule has 0 nitrogen and oxygen atoms in total. The second-order valence-electron chi connectivity index (χ2n) is 14.3. The minimum Gasteiger partial charge on any atom is -0.273 e. The van der Waals surface area contributed by atoms with Gasteiger partial charge < -0.3 is 0 Å². The zero-order valence-electron chi connectivity index (χ0n) is 28.5. The van der Waals surface area contributed by atoms with Crippen molar-refractivity contribution in [2.45, 2.75) is 92.9 Å². The molecule has 224 valence electrons. The summed E-state index contributed by atoms with van der Waals surface area (Å²) < 4.78 is 1.42. The van der Waals surface area contributed by atoms with Crippen LogP contribution in [0.4, 0.5) is 0 Å². The zero-order valence-corrected chi connectivity index (χ0v) is 31.0. The van der Waals surface area contributed by atoms with Gasteiger partial charge in [-0.25, -0.2) is 12.2 Å². The molecule has 0 atom stereocenters. The van der Waals surface area contributed by atoms with Gasteiger partial charge in [-0.15, -0.1) is 23.1 Å². The first kappa shape index (κ1) is 34.0. The van der Waals surface area contributed by atoms with Crippen LogP contribution in [-0.4, -0.2) is 3.21 Å². The van der Waals surface area contributed by atoms with E-state index in [1.807, 2.05) is 12.2 Å². The van der Waals surface area contributed by atoms with Gasteiger partial charge in [0.15, 0.2) is 0 Å². The molecule has 0 bridgehead atoms. The summed E-state index contributed by atoms with van der Waals surface area (Å²) in [5, 5.41) is 0. The fraction of sp³-hybridized carbons (Fsp3) is 0.326. The Labute approximate surface area is 282 Å². The maximum atomic E-state index is 3.69. The quantitative estimate of drug-likeness (QED) is 0.166. The summed E-state index contributed by atoms with van der Waals surface area (Å²) >= 11 is 1.46. The van der Waals surface area contributed by atoms with E-state index in [9.17, 15) is 0 Å². The monoisotopic (exact) mass is 654 g/mol. The van der Waals surface area contributed by atoms with Gasteiger partial charge in [0.2, 0.25) is 0 Å². The Bertz CT molecular complexity index is 1550. The molecule has 2 aliphatic carbocycles. The average molecular weight is 656 g/mol. The van der Waals surface area contributed by atoms with Gasteiger partial charge in [-0.05, 0) is 35.4 Å². The first-order chi connectivity index (χ1) is 20.6. The second-order valence-corrected chi connectivity index (χ2v) is 15.5. The Morgan fingerprint density at radius 1 is 0.682 bits per heavy atom. The number of fused-ring (bicyclic) bond motifs is 3. The Hall–Kier alpha value is -2.89. The third-order valence-electron chi connectivity index (χ3n) is 8.35. The fourth-order valence-electron chi connectivity index (χ4n) is 5.97. The maximum absolute atomic E-state index is 3.69. The smallest absolute Gasteiger partial charge is 0.109 e. The number of hydrogen-bond acceptors (Lipinski definition) is 0. The molecule has 1 heteroatoms. The van der Waals surface area contributed by atoms with Crippen LogP contribution in [0.2, 0.25) is 0 Å². The van der Waals surface area contributed by atoms with E-state index in [0.29, 0.717) is 0 Å². The van der Waals surface area contributed by atoms with Crippen LogP contribution in [0, 0.1) is 39.8 Å². The van der Waals surface area contributed by atoms with E-state index >= 15 is 0 Å². The van der Waals surface area contributed by atoms with E-state index in [0.717, 1.165) is 12.8 Å². The van der Waals surface area contributed by atoms with Crippen LogP contribution in [0.25, 0.3) is 11.1 Å². The third-order valence-corrected chi connectivity index (χ3v) is 9.77. The van der Waals surface area contributed by atoms with Crippen molar-refractivity contribution < 1.29 is 24.2 Å². The summed E-state index contributed by atoms with van der Waals surface area (Å²) in [5.74, 6) is 0. The van der Waals surface area contributed by atoms with E-state index in [4.69, 9.17) is 0 Å². The summed E-state index contributed by atoms with van der Waals surface area (Å²) in [7, 11) is 0. The van der Waals surface area contributed by atoms with Crippen molar-refractivity contribution in [2.24, 2.45) is 0 Å². The Morgan fingerprint density at radius 2 is 1.20 bits per heavy atom. The summed E-state index contributed by atoms with van der Waals surface area (Å²) in [6.45, 7) is 22.5. The van der Waals surface area contributed by atoms with Crippen molar-refractivity contribution in [3.05, 3.63) is 153 Å². The molecular weight excluding hydrogens is 608 g/mol.